The summed E-state index contributed by atoms with van der Waals surface area (Å²) in [6.07, 6.45) is 0. The van der Waals surface area contributed by atoms with E-state index in [4.69, 9.17) is 0 Å². The molecule has 0 bridgehead atoms. The highest BCUT2D eigenvalue weighted by molar-refractivity contribution is 9.09. The second-order valence-electron chi connectivity index (χ2n) is 4.63. The van der Waals surface area contributed by atoms with Gasteiger partial charge in [-0.1, -0.05) is 54.0 Å². The lowest BCUT2D eigenvalue weighted by atomic mass is 10.0. The first kappa shape index (κ1) is 12.8. The number of hydrogen-bond donors (Lipinski definition) is 0. The Morgan fingerprint density at radius 1 is 0.941 bits per heavy atom. The second kappa shape index (κ2) is 5.36. The van der Waals surface area contributed by atoms with Crippen molar-refractivity contribution in [1.82, 2.24) is 0 Å². The van der Waals surface area contributed by atoms with Gasteiger partial charge in [-0.3, -0.25) is 0 Å². The molecular formula is C15H17BrS. The minimum Gasteiger partial charge on any atom is -0.144 e. The van der Waals surface area contributed by atoms with Crippen LogP contribution in [0.2, 0.25) is 0 Å². The smallest absolute Gasteiger partial charge is 0.0738 e. The van der Waals surface area contributed by atoms with Gasteiger partial charge in [0.15, 0.2) is 0 Å². The van der Waals surface area contributed by atoms with Crippen LogP contribution in [0.5, 0.6) is 0 Å². The van der Waals surface area contributed by atoms with Crippen LogP contribution in [0.15, 0.2) is 36.4 Å². The fourth-order valence-electron chi connectivity index (χ4n) is 1.80. The molecule has 0 radical (unpaired) electrons. The van der Waals surface area contributed by atoms with E-state index in [1.807, 2.05) is 11.3 Å². The van der Waals surface area contributed by atoms with Crippen molar-refractivity contribution in [3.63, 3.8) is 0 Å². The summed E-state index contributed by atoms with van der Waals surface area (Å²) in [7, 11) is 0. The number of halogens is 1. The molecule has 0 saturated carbocycles. The molecule has 0 aliphatic heterocycles. The summed E-state index contributed by atoms with van der Waals surface area (Å²) in [5.74, 6) is 0.599. The van der Waals surface area contributed by atoms with Gasteiger partial charge < -0.3 is 0 Å². The van der Waals surface area contributed by atoms with Crippen LogP contribution in [0.25, 0.3) is 0 Å². The molecule has 1 unspecified atom stereocenters. The van der Waals surface area contributed by atoms with Gasteiger partial charge >= 0.3 is 0 Å². The van der Waals surface area contributed by atoms with E-state index < -0.39 is 0 Å². The van der Waals surface area contributed by atoms with Crippen LogP contribution >= 0.6 is 27.3 Å². The molecule has 1 aromatic carbocycles. The van der Waals surface area contributed by atoms with Gasteiger partial charge in [0, 0.05) is 9.75 Å². The maximum Gasteiger partial charge on any atom is 0.0738 e. The SMILES string of the molecule is Cc1ccc(C(Br)c2ccc(C(C)C)cc2)s1. The molecule has 0 saturated heterocycles. The van der Waals surface area contributed by atoms with Crippen LogP contribution in [-0.2, 0) is 0 Å². The molecule has 90 valence electrons. The number of aryl methyl sites for hydroxylation is 1. The zero-order chi connectivity index (χ0) is 12.4. The minimum atomic E-state index is 0.322. The van der Waals surface area contributed by atoms with Crippen LogP contribution in [0.1, 0.15) is 45.5 Å². The highest BCUT2D eigenvalue weighted by Crippen LogP contribution is 2.35. The lowest BCUT2D eigenvalue weighted by Crippen LogP contribution is -1.92. The first-order chi connectivity index (χ1) is 8.08. The number of alkyl halides is 1. The summed E-state index contributed by atoms with van der Waals surface area (Å²) >= 11 is 5.63. The van der Waals surface area contributed by atoms with Gasteiger partial charge in [-0.15, -0.1) is 11.3 Å². The molecule has 0 amide bonds. The maximum absolute atomic E-state index is 3.78. The van der Waals surface area contributed by atoms with Crippen molar-refractivity contribution in [2.45, 2.75) is 31.5 Å². The fourth-order valence-corrected chi connectivity index (χ4v) is 3.43. The van der Waals surface area contributed by atoms with Crippen LogP contribution in [0.4, 0.5) is 0 Å². The molecule has 0 spiro atoms. The topological polar surface area (TPSA) is 0 Å². The molecule has 2 aromatic rings. The lowest BCUT2D eigenvalue weighted by molar-refractivity contribution is 0.865. The molecule has 1 heterocycles. The van der Waals surface area contributed by atoms with Crippen molar-refractivity contribution in [2.24, 2.45) is 0 Å². The van der Waals surface area contributed by atoms with E-state index in [9.17, 15) is 0 Å². The van der Waals surface area contributed by atoms with Crippen LogP contribution in [0, 0.1) is 6.92 Å². The monoisotopic (exact) mass is 308 g/mol. The molecule has 1 aromatic heterocycles. The number of rotatable bonds is 3. The standard InChI is InChI=1S/C15H17BrS/c1-10(2)12-5-7-13(8-6-12)15(16)14-9-4-11(3)17-14/h4-10,15H,1-3H3. The molecule has 2 heteroatoms. The van der Waals surface area contributed by atoms with E-state index >= 15 is 0 Å². The van der Waals surface area contributed by atoms with E-state index in [1.54, 1.807) is 0 Å². The molecule has 1 atom stereocenters. The molecular weight excluding hydrogens is 292 g/mol. The first-order valence-electron chi connectivity index (χ1n) is 5.88. The number of thiophene rings is 1. The van der Waals surface area contributed by atoms with Crippen LogP contribution in [0.3, 0.4) is 0 Å². The third-order valence-electron chi connectivity index (χ3n) is 2.91. The maximum atomic E-state index is 3.78. The lowest BCUT2D eigenvalue weighted by Gasteiger charge is -2.10. The molecule has 17 heavy (non-hydrogen) atoms. The first-order valence-corrected chi connectivity index (χ1v) is 7.61. The fraction of sp³-hybridized carbons (Fsp3) is 0.333. The molecule has 2 rings (SSSR count). The van der Waals surface area contributed by atoms with Crippen molar-refractivity contribution < 1.29 is 0 Å². The molecule has 0 aliphatic rings. The van der Waals surface area contributed by atoms with Crippen LogP contribution < -0.4 is 0 Å². The highest BCUT2D eigenvalue weighted by atomic mass is 79.9. The Morgan fingerprint density at radius 2 is 1.53 bits per heavy atom. The Morgan fingerprint density at radius 3 is 2.00 bits per heavy atom. The summed E-state index contributed by atoms with van der Waals surface area (Å²) in [4.78, 5) is 3.06. The average Bonchev–Trinajstić information content (AvgIpc) is 2.75. The summed E-state index contributed by atoms with van der Waals surface area (Å²) in [5.41, 5.74) is 2.73. The van der Waals surface area contributed by atoms with Crippen molar-refractivity contribution >= 4 is 27.3 Å². The molecule has 0 aliphatic carbocycles. The van der Waals surface area contributed by atoms with E-state index in [2.05, 4.69) is 73.1 Å². The normalized spacial score (nSPS) is 13.0. The summed E-state index contributed by atoms with van der Waals surface area (Å²) < 4.78 is 0. The van der Waals surface area contributed by atoms with Gasteiger partial charge in [0.1, 0.15) is 0 Å². The number of hydrogen-bond acceptors (Lipinski definition) is 1. The third kappa shape index (κ3) is 2.99. The van der Waals surface area contributed by atoms with Crippen molar-refractivity contribution in [2.75, 3.05) is 0 Å². The average molecular weight is 309 g/mol. The van der Waals surface area contributed by atoms with E-state index in [0.717, 1.165) is 0 Å². The van der Waals surface area contributed by atoms with Gasteiger partial charge in [-0.05, 0) is 36.1 Å². The molecule has 0 fully saturated rings. The van der Waals surface area contributed by atoms with Gasteiger partial charge in [-0.25, -0.2) is 0 Å². The quantitative estimate of drug-likeness (QED) is 0.641. The Balaban J connectivity index is 2.22. The zero-order valence-corrected chi connectivity index (χ0v) is 12.8. The van der Waals surface area contributed by atoms with E-state index in [1.165, 1.54) is 20.9 Å². The molecule has 0 nitrogen and oxygen atoms in total. The summed E-state index contributed by atoms with van der Waals surface area (Å²) in [6, 6.07) is 13.3. The number of benzene rings is 1. The Hall–Kier alpha value is -0.600. The largest absolute Gasteiger partial charge is 0.144 e. The van der Waals surface area contributed by atoms with E-state index in [0.29, 0.717) is 10.7 Å². The van der Waals surface area contributed by atoms with Crippen molar-refractivity contribution in [3.8, 4) is 0 Å². The Bertz CT molecular complexity index is 482. The summed E-state index contributed by atoms with van der Waals surface area (Å²) in [5, 5.41) is 0. The van der Waals surface area contributed by atoms with Crippen molar-refractivity contribution in [3.05, 3.63) is 57.3 Å². The highest BCUT2D eigenvalue weighted by Gasteiger charge is 2.12. The third-order valence-corrected chi connectivity index (χ3v) is 5.30. The predicted molar refractivity (Wildman–Crippen MR) is 80.4 cm³/mol. The van der Waals surface area contributed by atoms with Gasteiger partial charge in [-0.2, -0.15) is 0 Å². The predicted octanol–water partition coefficient (Wildman–Crippen LogP) is 5.66. The Kier molecular flexibility index (Phi) is 4.05. The van der Waals surface area contributed by atoms with Gasteiger partial charge in [0.2, 0.25) is 0 Å². The molecule has 0 N–H and O–H groups in total. The van der Waals surface area contributed by atoms with Crippen LogP contribution in [-0.4, -0.2) is 0 Å². The zero-order valence-electron chi connectivity index (χ0n) is 10.4. The Labute approximate surface area is 116 Å². The van der Waals surface area contributed by atoms with Crippen molar-refractivity contribution in [1.29, 1.82) is 0 Å². The second-order valence-corrected chi connectivity index (χ2v) is 6.87. The van der Waals surface area contributed by atoms with E-state index in [-0.39, 0.29) is 0 Å². The summed E-state index contributed by atoms with van der Waals surface area (Å²) in [6.45, 7) is 6.60. The van der Waals surface area contributed by atoms with Gasteiger partial charge in [0.25, 0.3) is 0 Å². The van der Waals surface area contributed by atoms with Gasteiger partial charge in [0.05, 0.1) is 4.83 Å². The minimum absolute atomic E-state index is 0.322.